The number of nitrogens with zero attached hydrogens (tertiary/aromatic N) is 5. The highest BCUT2D eigenvalue weighted by molar-refractivity contribution is 7.88. The van der Waals surface area contributed by atoms with Crippen molar-refractivity contribution in [1.29, 1.82) is 0 Å². The van der Waals surface area contributed by atoms with Gasteiger partial charge >= 0.3 is 0 Å². The molecule has 12 heteroatoms. The number of benzene rings is 2. The van der Waals surface area contributed by atoms with Crippen LogP contribution in [-0.4, -0.2) is 59.8 Å². The number of fused-ring (bicyclic) bond motifs is 2. The molecule has 0 atom stereocenters. The Labute approximate surface area is 206 Å². The molecule has 0 spiro atoms. The Morgan fingerprint density at radius 1 is 0.917 bits per heavy atom. The van der Waals surface area contributed by atoms with Crippen LogP contribution in [0.5, 0.6) is 0 Å². The van der Waals surface area contributed by atoms with Gasteiger partial charge in [0.05, 0.1) is 23.0 Å². The van der Waals surface area contributed by atoms with Gasteiger partial charge in [0.25, 0.3) is 0 Å². The van der Waals surface area contributed by atoms with Gasteiger partial charge in [-0.05, 0) is 49.2 Å². The fourth-order valence-electron chi connectivity index (χ4n) is 4.57. The summed E-state index contributed by atoms with van der Waals surface area (Å²) < 4.78 is 51.4. The fraction of sp³-hybridized carbons (Fsp3) is 0.333. The van der Waals surface area contributed by atoms with Gasteiger partial charge in [-0.2, -0.15) is 0 Å². The summed E-state index contributed by atoms with van der Waals surface area (Å²) in [5.41, 5.74) is 7.97. The highest BCUT2D eigenvalue weighted by Gasteiger charge is 2.34. The van der Waals surface area contributed by atoms with Crippen molar-refractivity contribution < 1.29 is 17.2 Å². The van der Waals surface area contributed by atoms with Crippen LogP contribution in [0, 0.1) is 11.6 Å². The number of nitrogens with one attached hydrogen (secondary N) is 1. The van der Waals surface area contributed by atoms with Crippen molar-refractivity contribution in [2.75, 3.05) is 24.2 Å². The number of rotatable bonds is 4. The van der Waals surface area contributed by atoms with Crippen LogP contribution in [0.15, 0.2) is 49.1 Å². The second kappa shape index (κ2) is 9.60. The Kier molecular flexibility index (Phi) is 6.49. The molecule has 1 aliphatic carbocycles. The minimum Gasteiger partial charge on any atom is -0.353 e. The molecule has 1 saturated heterocycles. The number of hydrogen-bond acceptors (Lipinski definition) is 8. The molecule has 9 nitrogen and oxygen atoms in total. The lowest BCUT2D eigenvalue weighted by molar-refractivity contribution is 0.323. The van der Waals surface area contributed by atoms with Crippen molar-refractivity contribution in [1.82, 2.24) is 24.7 Å². The van der Waals surface area contributed by atoms with Gasteiger partial charge in [-0.25, -0.2) is 41.9 Å². The van der Waals surface area contributed by atoms with Crippen molar-refractivity contribution >= 4 is 37.6 Å². The number of anilines is 1. The lowest BCUT2D eigenvalue weighted by atomic mass is 9.77. The highest BCUT2D eigenvalue weighted by atomic mass is 32.2. The van der Waals surface area contributed by atoms with Crippen LogP contribution in [0.1, 0.15) is 24.5 Å². The van der Waals surface area contributed by atoms with Gasteiger partial charge in [0, 0.05) is 41.9 Å². The molecule has 2 aliphatic rings. The third-order valence-corrected chi connectivity index (χ3v) is 7.08. The Bertz CT molecular complexity index is 1520. The van der Waals surface area contributed by atoms with Gasteiger partial charge in [0.15, 0.2) is 0 Å². The number of hydrogen-bond donors (Lipinski definition) is 2. The second-order valence-electron chi connectivity index (χ2n) is 9.20. The zero-order valence-corrected chi connectivity index (χ0v) is 20.3. The lowest BCUT2D eigenvalue weighted by Crippen LogP contribution is -2.56. The number of sulfonamides is 1. The highest BCUT2D eigenvalue weighted by Crippen LogP contribution is 2.38. The second-order valence-corrected chi connectivity index (χ2v) is 11.0. The molecule has 0 unspecified atom stereocenters. The van der Waals surface area contributed by atoms with Gasteiger partial charge < -0.3 is 10.6 Å². The van der Waals surface area contributed by atoms with E-state index < -0.39 is 10.0 Å². The average molecular weight is 514 g/mol. The third kappa shape index (κ3) is 5.25. The standard InChI is InChI=1S/C13H14FN3O2S.C11H11FN4/c1-20(18,19)17-10-4-8(5-10)13-11-6-9(14)2-3-12(11)15-7-16-13;12-7-1-2-10-9(3-7)11(15-6-14-10)16-4-8(13)5-16/h2-3,6-8,10,17H,4-5H2,1H3;1-3,6,8H,4-5,13H2. The van der Waals surface area contributed by atoms with E-state index in [1.165, 1.54) is 36.9 Å². The smallest absolute Gasteiger partial charge is 0.208 e. The summed E-state index contributed by atoms with van der Waals surface area (Å²) in [6.07, 6.45) is 5.47. The van der Waals surface area contributed by atoms with Crippen LogP contribution in [0.4, 0.5) is 14.6 Å². The first-order valence-corrected chi connectivity index (χ1v) is 13.3. The molecule has 2 aromatic heterocycles. The Hall–Kier alpha value is -3.35. The number of aromatic nitrogens is 4. The number of nitrogens with two attached hydrogens (primary N) is 1. The summed E-state index contributed by atoms with van der Waals surface area (Å²) >= 11 is 0. The summed E-state index contributed by atoms with van der Waals surface area (Å²) in [6, 6.07) is 9.09. The maximum absolute atomic E-state index is 13.4. The average Bonchev–Trinajstić information content (AvgIpc) is 2.78. The van der Waals surface area contributed by atoms with E-state index in [1.54, 1.807) is 12.1 Å². The van der Waals surface area contributed by atoms with Crippen LogP contribution >= 0.6 is 0 Å². The zero-order chi connectivity index (χ0) is 25.4. The molecule has 188 valence electrons. The molecular formula is C24H25F2N7O2S. The van der Waals surface area contributed by atoms with E-state index in [1.807, 2.05) is 4.90 Å². The van der Waals surface area contributed by atoms with E-state index in [2.05, 4.69) is 24.7 Å². The molecule has 3 heterocycles. The van der Waals surface area contributed by atoms with Crippen LogP contribution in [-0.2, 0) is 10.0 Å². The molecule has 2 aromatic carbocycles. The van der Waals surface area contributed by atoms with Crippen LogP contribution < -0.4 is 15.4 Å². The van der Waals surface area contributed by atoms with Gasteiger partial charge in [0.1, 0.15) is 30.1 Å². The maximum atomic E-state index is 13.4. The molecule has 36 heavy (non-hydrogen) atoms. The molecule has 6 rings (SSSR count). The van der Waals surface area contributed by atoms with Crippen molar-refractivity contribution in [3.05, 3.63) is 66.4 Å². The topological polar surface area (TPSA) is 127 Å². The Morgan fingerprint density at radius 2 is 1.50 bits per heavy atom. The van der Waals surface area contributed by atoms with Gasteiger partial charge in [-0.15, -0.1) is 0 Å². The van der Waals surface area contributed by atoms with E-state index in [0.717, 1.165) is 41.8 Å². The van der Waals surface area contributed by atoms with Gasteiger partial charge in [0.2, 0.25) is 10.0 Å². The maximum Gasteiger partial charge on any atom is 0.208 e. The molecule has 1 saturated carbocycles. The SMILES string of the molecule is CS(=O)(=O)NC1CC(c2ncnc3ccc(F)cc23)C1.NC1CN(c2ncnc3ccc(F)cc23)C1. The third-order valence-electron chi connectivity index (χ3n) is 6.32. The van der Waals surface area contributed by atoms with Crippen molar-refractivity contribution in [2.45, 2.75) is 30.8 Å². The fourth-order valence-corrected chi connectivity index (χ4v) is 5.37. The van der Waals surface area contributed by atoms with Gasteiger partial charge in [-0.1, -0.05) is 0 Å². The quantitative estimate of drug-likeness (QED) is 0.426. The molecular weight excluding hydrogens is 488 g/mol. The van der Waals surface area contributed by atoms with Crippen LogP contribution in [0.3, 0.4) is 0 Å². The van der Waals surface area contributed by atoms with Crippen LogP contribution in [0.25, 0.3) is 21.8 Å². The van der Waals surface area contributed by atoms with Crippen LogP contribution in [0.2, 0.25) is 0 Å². The van der Waals surface area contributed by atoms with E-state index in [9.17, 15) is 17.2 Å². The zero-order valence-electron chi connectivity index (χ0n) is 19.5. The van der Waals surface area contributed by atoms with Crippen molar-refractivity contribution in [3.8, 4) is 0 Å². The normalized spacial score (nSPS) is 19.9. The minimum atomic E-state index is -3.18. The lowest BCUT2D eigenvalue weighted by Gasteiger charge is -2.38. The van der Waals surface area contributed by atoms with E-state index in [4.69, 9.17) is 5.73 Å². The van der Waals surface area contributed by atoms with E-state index >= 15 is 0 Å². The summed E-state index contributed by atoms with van der Waals surface area (Å²) in [4.78, 5) is 18.7. The van der Waals surface area contributed by atoms with E-state index in [0.29, 0.717) is 23.7 Å². The molecule has 3 N–H and O–H groups in total. The first-order valence-electron chi connectivity index (χ1n) is 11.4. The molecule has 1 aliphatic heterocycles. The number of halogens is 2. The van der Waals surface area contributed by atoms with Crippen molar-refractivity contribution in [3.63, 3.8) is 0 Å². The summed E-state index contributed by atoms with van der Waals surface area (Å²) in [5.74, 6) is 0.319. The molecule has 2 fully saturated rings. The predicted octanol–water partition coefficient (Wildman–Crippen LogP) is 2.48. The largest absolute Gasteiger partial charge is 0.353 e. The molecule has 0 amide bonds. The molecule has 4 aromatic rings. The first-order chi connectivity index (χ1) is 17.2. The Morgan fingerprint density at radius 3 is 2.11 bits per heavy atom. The Balaban J connectivity index is 0.000000152. The molecule has 0 bridgehead atoms. The van der Waals surface area contributed by atoms with Gasteiger partial charge in [-0.3, -0.25) is 0 Å². The monoisotopic (exact) mass is 513 g/mol. The minimum absolute atomic E-state index is 0.0615. The van der Waals surface area contributed by atoms with Crippen molar-refractivity contribution in [2.24, 2.45) is 5.73 Å². The summed E-state index contributed by atoms with van der Waals surface area (Å²) in [5, 5.41) is 1.45. The predicted molar refractivity (Wildman–Crippen MR) is 133 cm³/mol. The molecule has 0 radical (unpaired) electrons. The summed E-state index contributed by atoms with van der Waals surface area (Å²) in [7, 11) is -3.18. The summed E-state index contributed by atoms with van der Waals surface area (Å²) in [6.45, 7) is 1.53. The van der Waals surface area contributed by atoms with E-state index in [-0.39, 0.29) is 29.6 Å². The first kappa shape index (κ1) is 24.3.